The summed E-state index contributed by atoms with van der Waals surface area (Å²) in [7, 11) is 0. The third-order valence-corrected chi connectivity index (χ3v) is 4.26. The lowest BCUT2D eigenvalue weighted by Crippen LogP contribution is -2.56. The summed E-state index contributed by atoms with van der Waals surface area (Å²) in [5.74, 6) is -1.44. The number of hydrogen-bond acceptors (Lipinski definition) is 4. The van der Waals surface area contributed by atoms with Crippen molar-refractivity contribution < 1.29 is 19.4 Å². The molecule has 3 unspecified atom stereocenters. The van der Waals surface area contributed by atoms with Gasteiger partial charge in [-0.1, -0.05) is 13.3 Å². The van der Waals surface area contributed by atoms with Crippen molar-refractivity contribution in [1.82, 2.24) is 4.90 Å². The van der Waals surface area contributed by atoms with Crippen LogP contribution in [0.3, 0.4) is 0 Å². The largest absolute Gasteiger partial charge is 0.479 e. The maximum absolute atomic E-state index is 12.6. The summed E-state index contributed by atoms with van der Waals surface area (Å²) in [5.41, 5.74) is 4.83. The molecule has 3 atom stereocenters. The fraction of sp³-hybridized carbons (Fsp3) is 0.846. The molecule has 1 amide bonds. The molecular formula is C13H22N2O4. The highest BCUT2D eigenvalue weighted by Gasteiger charge is 2.51. The monoisotopic (exact) mass is 270 g/mol. The number of rotatable bonds is 4. The minimum absolute atomic E-state index is 0.154. The SMILES string of the molecule is CCCC1(C(=O)O)CCCN1C(=O)C1COCC1N. The third kappa shape index (κ3) is 2.34. The first kappa shape index (κ1) is 14.3. The van der Waals surface area contributed by atoms with Gasteiger partial charge in [0, 0.05) is 12.6 Å². The second kappa shape index (κ2) is 5.46. The lowest BCUT2D eigenvalue weighted by molar-refractivity contribution is -0.159. The number of likely N-dealkylation sites (tertiary alicyclic amines) is 1. The molecule has 0 aromatic carbocycles. The Morgan fingerprint density at radius 3 is 2.74 bits per heavy atom. The quantitative estimate of drug-likeness (QED) is 0.761. The van der Waals surface area contributed by atoms with Gasteiger partial charge in [-0.25, -0.2) is 4.79 Å². The van der Waals surface area contributed by atoms with Crippen LogP contribution >= 0.6 is 0 Å². The van der Waals surface area contributed by atoms with Crippen LogP contribution in [0.5, 0.6) is 0 Å². The number of hydrogen-bond donors (Lipinski definition) is 2. The zero-order valence-electron chi connectivity index (χ0n) is 11.3. The summed E-state index contributed by atoms with van der Waals surface area (Å²) in [5, 5.41) is 9.57. The van der Waals surface area contributed by atoms with Crippen molar-refractivity contribution >= 4 is 11.9 Å². The van der Waals surface area contributed by atoms with E-state index < -0.39 is 17.4 Å². The summed E-state index contributed by atoms with van der Waals surface area (Å²) in [6.45, 7) is 3.13. The molecule has 2 saturated heterocycles. The second-order valence-electron chi connectivity index (χ2n) is 5.49. The number of ether oxygens (including phenoxy) is 1. The molecule has 0 aliphatic carbocycles. The van der Waals surface area contributed by atoms with Gasteiger partial charge in [0.05, 0.1) is 19.1 Å². The van der Waals surface area contributed by atoms with E-state index >= 15 is 0 Å². The van der Waals surface area contributed by atoms with E-state index in [2.05, 4.69) is 0 Å². The highest BCUT2D eigenvalue weighted by atomic mass is 16.5. The average Bonchev–Trinajstić information content (AvgIpc) is 2.96. The van der Waals surface area contributed by atoms with E-state index in [0.29, 0.717) is 32.6 Å². The van der Waals surface area contributed by atoms with Gasteiger partial charge in [-0.15, -0.1) is 0 Å². The van der Waals surface area contributed by atoms with Gasteiger partial charge in [0.2, 0.25) is 5.91 Å². The predicted octanol–water partition coefficient (Wildman–Crippen LogP) is 0.206. The van der Waals surface area contributed by atoms with Crippen LogP contribution in [0, 0.1) is 5.92 Å². The van der Waals surface area contributed by atoms with E-state index in [0.717, 1.165) is 12.8 Å². The smallest absolute Gasteiger partial charge is 0.329 e. The van der Waals surface area contributed by atoms with E-state index in [-0.39, 0.29) is 11.9 Å². The Morgan fingerprint density at radius 1 is 1.47 bits per heavy atom. The van der Waals surface area contributed by atoms with Crippen molar-refractivity contribution in [3.05, 3.63) is 0 Å². The van der Waals surface area contributed by atoms with Gasteiger partial charge in [0.25, 0.3) is 0 Å². The van der Waals surface area contributed by atoms with Crippen molar-refractivity contribution in [3.63, 3.8) is 0 Å². The fourth-order valence-corrected chi connectivity index (χ4v) is 3.23. The molecule has 3 N–H and O–H groups in total. The molecule has 2 aliphatic heterocycles. The van der Waals surface area contributed by atoms with E-state index in [9.17, 15) is 14.7 Å². The predicted molar refractivity (Wildman–Crippen MR) is 68.5 cm³/mol. The molecule has 6 heteroatoms. The molecule has 2 rings (SSSR count). The molecule has 0 saturated carbocycles. The molecule has 108 valence electrons. The maximum atomic E-state index is 12.6. The number of aliphatic carboxylic acids is 1. The first-order chi connectivity index (χ1) is 9.03. The van der Waals surface area contributed by atoms with Crippen LogP contribution in [0.15, 0.2) is 0 Å². The Hall–Kier alpha value is -1.14. The Morgan fingerprint density at radius 2 is 2.21 bits per heavy atom. The van der Waals surface area contributed by atoms with Crippen LogP contribution in [-0.4, -0.2) is 53.2 Å². The molecule has 0 radical (unpaired) electrons. The Balaban J connectivity index is 2.21. The molecule has 0 aromatic heterocycles. The van der Waals surface area contributed by atoms with E-state index in [1.165, 1.54) is 4.90 Å². The number of carboxylic acids is 1. The second-order valence-corrected chi connectivity index (χ2v) is 5.49. The maximum Gasteiger partial charge on any atom is 0.329 e. The van der Waals surface area contributed by atoms with Crippen LogP contribution in [0.4, 0.5) is 0 Å². The minimum Gasteiger partial charge on any atom is -0.479 e. The van der Waals surface area contributed by atoms with Crippen molar-refractivity contribution in [2.75, 3.05) is 19.8 Å². The molecule has 0 spiro atoms. The molecule has 0 bridgehead atoms. The number of nitrogens with two attached hydrogens (primary N) is 1. The third-order valence-electron chi connectivity index (χ3n) is 4.26. The lowest BCUT2D eigenvalue weighted by Gasteiger charge is -2.36. The van der Waals surface area contributed by atoms with Crippen molar-refractivity contribution in [2.24, 2.45) is 11.7 Å². The van der Waals surface area contributed by atoms with Crippen LogP contribution in [0.2, 0.25) is 0 Å². The first-order valence-corrected chi connectivity index (χ1v) is 6.91. The summed E-state index contributed by atoms with van der Waals surface area (Å²) in [6, 6.07) is -0.318. The number of amides is 1. The van der Waals surface area contributed by atoms with Gasteiger partial charge in [-0.05, 0) is 19.3 Å². The highest BCUT2D eigenvalue weighted by molar-refractivity contribution is 5.89. The summed E-state index contributed by atoms with van der Waals surface area (Å²) in [4.78, 5) is 25.8. The van der Waals surface area contributed by atoms with E-state index in [1.54, 1.807) is 0 Å². The van der Waals surface area contributed by atoms with Gasteiger partial charge in [0.15, 0.2) is 0 Å². The van der Waals surface area contributed by atoms with Gasteiger partial charge in [0.1, 0.15) is 5.54 Å². The van der Waals surface area contributed by atoms with Crippen molar-refractivity contribution in [1.29, 1.82) is 0 Å². The minimum atomic E-state index is -1.03. The van der Waals surface area contributed by atoms with Crippen molar-refractivity contribution in [3.8, 4) is 0 Å². The van der Waals surface area contributed by atoms with Crippen LogP contribution in [0.25, 0.3) is 0 Å². The average molecular weight is 270 g/mol. The Kier molecular flexibility index (Phi) is 4.10. The molecule has 0 aromatic rings. The van der Waals surface area contributed by atoms with E-state index in [1.807, 2.05) is 6.92 Å². The van der Waals surface area contributed by atoms with Gasteiger partial charge in [-0.2, -0.15) is 0 Å². The summed E-state index contributed by atoms with van der Waals surface area (Å²) >= 11 is 0. The number of carbonyl (C=O) groups excluding carboxylic acids is 1. The molecule has 2 heterocycles. The molecule has 6 nitrogen and oxygen atoms in total. The van der Waals surface area contributed by atoms with Crippen LogP contribution in [0.1, 0.15) is 32.6 Å². The molecule has 19 heavy (non-hydrogen) atoms. The highest BCUT2D eigenvalue weighted by Crippen LogP contribution is 2.36. The van der Waals surface area contributed by atoms with Crippen LogP contribution in [-0.2, 0) is 14.3 Å². The van der Waals surface area contributed by atoms with Gasteiger partial charge in [-0.3, -0.25) is 4.79 Å². The summed E-state index contributed by atoms with van der Waals surface area (Å²) < 4.78 is 5.22. The topological polar surface area (TPSA) is 92.9 Å². The normalized spacial score (nSPS) is 34.7. The van der Waals surface area contributed by atoms with Crippen molar-refractivity contribution in [2.45, 2.75) is 44.2 Å². The Bertz CT molecular complexity index is 374. The van der Waals surface area contributed by atoms with Crippen LogP contribution < -0.4 is 5.73 Å². The van der Waals surface area contributed by atoms with Gasteiger partial charge < -0.3 is 20.5 Å². The van der Waals surface area contributed by atoms with E-state index in [4.69, 9.17) is 10.5 Å². The molecule has 2 aliphatic rings. The summed E-state index contributed by atoms with van der Waals surface area (Å²) in [6.07, 6.45) is 2.51. The zero-order valence-corrected chi connectivity index (χ0v) is 11.3. The Labute approximate surface area is 112 Å². The fourth-order valence-electron chi connectivity index (χ4n) is 3.23. The standard InChI is InChI=1S/C13H22N2O4/c1-2-4-13(12(17)18)5-3-6-15(13)11(16)9-7-19-8-10(9)14/h9-10H,2-8,14H2,1H3,(H,17,18). The molecule has 2 fully saturated rings. The lowest BCUT2D eigenvalue weighted by atomic mass is 9.89. The first-order valence-electron chi connectivity index (χ1n) is 6.91. The number of nitrogens with zero attached hydrogens (tertiary/aromatic N) is 1. The van der Waals surface area contributed by atoms with Gasteiger partial charge >= 0.3 is 5.97 Å². The molecular weight excluding hydrogens is 248 g/mol. The number of carbonyl (C=O) groups is 2. The zero-order chi connectivity index (χ0) is 14.0. The number of carboxylic acid groups (broad SMARTS) is 1.